The van der Waals surface area contributed by atoms with Gasteiger partial charge in [-0.25, -0.2) is 8.78 Å². The third kappa shape index (κ3) is 3.63. The van der Waals surface area contributed by atoms with E-state index in [1.165, 1.54) is 18.2 Å². The van der Waals surface area contributed by atoms with Crippen molar-refractivity contribution in [2.24, 2.45) is 11.7 Å². The molecule has 2 atom stereocenters. The lowest BCUT2D eigenvalue weighted by Crippen LogP contribution is -2.47. The van der Waals surface area contributed by atoms with Gasteiger partial charge in [0.1, 0.15) is 11.6 Å². The van der Waals surface area contributed by atoms with Crippen LogP contribution in [-0.2, 0) is 6.42 Å². The molecule has 0 saturated carbocycles. The van der Waals surface area contributed by atoms with Gasteiger partial charge in [-0.2, -0.15) is 0 Å². The Balaban J connectivity index is 1.73. The fraction of sp³-hybridized carbons (Fsp3) is 0.333. The van der Waals surface area contributed by atoms with E-state index >= 15 is 0 Å². The van der Waals surface area contributed by atoms with Gasteiger partial charge >= 0.3 is 0 Å². The minimum Gasteiger partial charge on any atom is -0.370 e. The highest BCUT2D eigenvalue weighted by Crippen LogP contribution is 2.25. The third-order valence-electron chi connectivity index (χ3n) is 4.16. The fourth-order valence-corrected chi connectivity index (χ4v) is 3.28. The summed E-state index contributed by atoms with van der Waals surface area (Å²) in [5, 5.41) is 0. The minimum absolute atomic E-state index is 0.0515. The molecule has 1 aliphatic heterocycles. The zero-order valence-corrected chi connectivity index (χ0v) is 12.4. The summed E-state index contributed by atoms with van der Waals surface area (Å²) >= 11 is 0. The first-order valence-corrected chi connectivity index (χ1v) is 7.60. The second-order valence-electron chi connectivity index (χ2n) is 6.08. The first-order chi connectivity index (χ1) is 10.6. The molecule has 3 rings (SSSR count). The Morgan fingerprint density at radius 1 is 1.00 bits per heavy atom. The highest BCUT2D eigenvalue weighted by Gasteiger charge is 2.25. The Bertz CT molecular complexity index is 644. The number of anilines is 1. The van der Waals surface area contributed by atoms with E-state index in [2.05, 4.69) is 4.90 Å². The summed E-state index contributed by atoms with van der Waals surface area (Å²) in [7, 11) is 0. The number of nitrogens with zero attached hydrogens (tertiary/aromatic N) is 1. The summed E-state index contributed by atoms with van der Waals surface area (Å²) in [5.41, 5.74) is 8.01. The molecule has 2 aromatic rings. The molecular formula is C18H20F2N2. The summed E-state index contributed by atoms with van der Waals surface area (Å²) in [4.78, 5) is 2.13. The molecule has 1 saturated heterocycles. The zero-order valence-electron chi connectivity index (χ0n) is 12.4. The van der Waals surface area contributed by atoms with Gasteiger partial charge in [-0.1, -0.05) is 18.2 Å². The Morgan fingerprint density at radius 2 is 1.73 bits per heavy atom. The Morgan fingerprint density at radius 3 is 2.45 bits per heavy atom. The quantitative estimate of drug-likeness (QED) is 0.942. The van der Waals surface area contributed by atoms with E-state index in [1.54, 1.807) is 18.2 Å². The number of nitrogens with two attached hydrogens (primary N) is 1. The lowest BCUT2D eigenvalue weighted by atomic mass is 9.88. The van der Waals surface area contributed by atoms with Gasteiger partial charge in [0, 0.05) is 24.8 Å². The fourth-order valence-electron chi connectivity index (χ4n) is 3.28. The van der Waals surface area contributed by atoms with Gasteiger partial charge in [-0.3, -0.25) is 0 Å². The number of piperidine rings is 1. The maximum atomic E-state index is 13.4. The zero-order chi connectivity index (χ0) is 15.5. The summed E-state index contributed by atoms with van der Waals surface area (Å²) in [6.07, 6.45) is 1.69. The molecule has 0 amide bonds. The number of rotatable bonds is 3. The van der Waals surface area contributed by atoms with Crippen LogP contribution in [-0.4, -0.2) is 19.1 Å². The molecule has 0 bridgehead atoms. The highest BCUT2D eigenvalue weighted by atomic mass is 19.1. The predicted molar refractivity (Wildman–Crippen MR) is 84.8 cm³/mol. The van der Waals surface area contributed by atoms with E-state index in [1.807, 2.05) is 12.1 Å². The van der Waals surface area contributed by atoms with E-state index in [9.17, 15) is 8.78 Å². The second kappa shape index (κ2) is 6.44. The Labute approximate surface area is 129 Å². The molecule has 2 N–H and O–H groups in total. The van der Waals surface area contributed by atoms with Gasteiger partial charge in [0.2, 0.25) is 0 Å². The van der Waals surface area contributed by atoms with E-state index < -0.39 is 0 Å². The lowest BCUT2D eigenvalue weighted by molar-refractivity contribution is 0.374. The lowest BCUT2D eigenvalue weighted by Gasteiger charge is -2.38. The summed E-state index contributed by atoms with van der Waals surface area (Å²) in [5.74, 6) is -0.105. The van der Waals surface area contributed by atoms with Crippen LogP contribution in [0.15, 0.2) is 48.5 Å². The van der Waals surface area contributed by atoms with Gasteiger partial charge in [0.25, 0.3) is 0 Å². The van der Waals surface area contributed by atoms with Gasteiger partial charge in [0.05, 0.1) is 0 Å². The van der Waals surface area contributed by atoms with E-state index in [-0.39, 0.29) is 17.7 Å². The normalized spacial score (nSPS) is 21.9. The topological polar surface area (TPSA) is 29.3 Å². The van der Waals surface area contributed by atoms with E-state index in [0.29, 0.717) is 5.92 Å². The average molecular weight is 302 g/mol. The summed E-state index contributed by atoms with van der Waals surface area (Å²) in [6, 6.07) is 13.4. The molecule has 1 fully saturated rings. The summed E-state index contributed by atoms with van der Waals surface area (Å²) < 4.78 is 26.7. The van der Waals surface area contributed by atoms with Crippen LogP contribution in [0, 0.1) is 17.6 Å². The maximum Gasteiger partial charge on any atom is 0.125 e. The molecule has 2 aromatic carbocycles. The van der Waals surface area contributed by atoms with Crippen molar-refractivity contribution in [2.45, 2.75) is 18.9 Å². The predicted octanol–water partition coefficient (Wildman–Crippen LogP) is 3.36. The van der Waals surface area contributed by atoms with Crippen LogP contribution >= 0.6 is 0 Å². The van der Waals surface area contributed by atoms with Gasteiger partial charge in [0.15, 0.2) is 0 Å². The monoisotopic (exact) mass is 302 g/mol. The van der Waals surface area contributed by atoms with Crippen LogP contribution in [0.3, 0.4) is 0 Å². The molecule has 4 heteroatoms. The molecule has 1 heterocycles. The molecule has 1 aliphatic rings. The van der Waals surface area contributed by atoms with Crippen LogP contribution in [0.4, 0.5) is 14.5 Å². The first kappa shape index (κ1) is 15.0. The molecule has 116 valence electrons. The van der Waals surface area contributed by atoms with Crippen molar-refractivity contribution < 1.29 is 8.78 Å². The van der Waals surface area contributed by atoms with Crippen molar-refractivity contribution in [1.82, 2.24) is 0 Å². The van der Waals surface area contributed by atoms with Crippen molar-refractivity contribution in [3.63, 3.8) is 0 Å². The molecule has 2 nitrogen and oxygen atoms in total. The summed E-state index contributed by atoms with van der Waals surface area (Å²) in [6.45, 7) is 1.54. The smallest absolute Gasteiger partial charge is 0.125 e. The van der Waals surface area contributed by atoms with Crippen LogP contribution in [0.25, 0.3) is 0 Å². The minimum atomic E-state index is -0.238. The third-order valence-corrected chi connectivity index (χ3v) is 4.16. The molecule has 2 unspecified atom stereocenters. The van der Waals surface area contributed by atoms with Crippen LogP contribution in [0.5, 0.6) is 0 Å². The van der Waals surface area contributed by atoms with Crippen molar-refractivity contribution in [2.75, 3.05) is 18.0 Å². The van der Waals surface area contributed by atoms with Gasteiger partial charge in [-0.15, -0.1) is 0 Å². The standard InChI is InChI=1S/C18H20F2N2/c19-15-4-1-3-13(8-15)7-14-9-17(21)12-22(11-14)18-6-2-5-16(20)10-18/h1-6,8,10,14,17H,7,9,11-12,21H2. The Hall–Kier alpha value is -1.94. The second-order valence-corrected chi connectivity index (χ2v) is 6.08. The average Bonchev–Trinajstić information content (AvgIpc) is 2.46. The molecule has 0 aromatic heterocycles. The van der Waals surface area contributed by atoms with Gasteiger partial charge in [-0.05, 0) is 54.7 Å². The number of halogens is 2. The van der Waals surface area contributed by atoms with Crippen molar-refractivity contribution in [1.29, 1.82) is 0 Å². The largest absolute Gasteiger partial charge is 0.370 e. The molecule has 0 spiro atoms. The van der Waals surface area contributed by atoms with Crippen molar-refractivity contribution in [3.8, 4) is 0 Å². The van der Waals surface area contributed by atoms with Gasteiger partial charge < -0.3 is 10.6 Å². The van der Waals surface area contributed by atoms with Crippen LogP contribution < -0.4 is 10.6 Å². The number of hydrogen-bond acceptors (Lipinski definition) is 2. The molecular weight excluding hydrogens is 282 g/mol. The Kier molecular flexibility index (Phi) is 4.39. The SMILES string of the molecule is NC1CC(Cc2cccc(F)c2)CN(c2cccc(F)c2)C1. The first-order valence-electron chi connectivity index (χ1n) is 7.60. The highest BCUT2D eigenvalue weighted by molar-refractivity contribution is 5.47. The van der Waals surface area contributed by atoms with E-state index in [4.69, 9.17) is 5.73 Å². The molecule has 22 heavy (non-hydrogen) atoms. The molecule has 0 aliphatic carbocycles. The maximum absolute atomic E-state index is 13.4. The van der Waals surface area contributed by atoms with Crippen LogP contribution in [0.2, 0.25) is 0 Å². The van der Waals surface area contributed by atoms with E-state index in [0.717, 1.165) is 37.2 Å². The van der Waals surface area contributed by atoms with Crippen molar-refractivity contribution >= 4 is 5.69 Å². The molecule has 0 radical (unpaired) electrons. The number of hydrogen-bond donors (Lipinski definition) is 1. The number of benzene rings is 2. The van der Waals surface area contributed by atoms with Crippen LogP contribution in [0.1, 0.15) is 12.0 Å². The van der Waals surface area contributed by atoms with Crippen molar-refractivity contribution in [3.05, 3.63) is 65.7 Å².